The van der Waals surface area contributed by atoms with Crippen molar-refractivity contribution >= 4 is 0 Å². The number of hydrogen-bond donors (Lipinski definition) is 1. The lowest BCUT2D eigenvalue weighted by molar-refractivity contribution is 0.0491. The first-order valence-electron chi connectivity index (χ1n) is 5.09. The fourth-order valence-electron chi connectivity index (χ4n) is 2.38. The molecule has 5 atom stereocenters. The van der Waals surface area contributed by atoms with Gasteiger partial charge in [-0.2, -0.15) is 0 Å². The molecule has 1 aliphatic heterocycles. The molecule has 0 aromatic carbocycles. The van der Waals surface area contributed by atoms with Crippen LogP contribution in [0.15, 0.2) is 12.7 Å². The van der Waals surface area contributed by atoms with Gasteiger partial charge in [0.1, 0.15) is 0 Å². The predicted octanol–water partition coefficient (Wildman–Crippen LogP) is 1.95. The summed E-state index contributed by atoms with van der Waals surface area (Å²) in [5.74, 6) is 1.04. The average Bonchev–Trinajstić information content (AvgIpc) is 2.27. The first kappa shape index (κ1) is 10.7. The quantitative estimate of drug-likeness (QED) is 0.679. The third-order valence-electron chi connectivity index (χ3n) is 3.25. The van der Waals surface area contributed by atoms with Crippen molar-refractivity contribution in [3.05, 3.63) is 12.7 Å². The van der Waals surface area contributed by atoms with E-state index in [2.05, 4.69) is 27.4 Å². The average molecular weight is 183 g/mol. The van der Waals surface area contributed by atoms with Gasteiger partial charge in [-0.25, -0.2) is 0 Å². The van der Waals surface area contributed by atoms with Crippen LogP contribution in [0.3, 0.4) is 0 Å². The van der Waals surface area contributed by atoms with E-state index < -0.39 is 0 Å². The van der Waals surface area contributed by atoms with Crippen LogP contribution in [0.4, 0.5) is 0 Å². The van der Waals surface area contributed by atoms with Crippen molar-refractivity contribution < 1.29 is 4.74 Å². The largest absolute Gasteiger partial charge is 0.375 e. The zero-order valence-electron chi connectivity index (χ0n) is 8.86. The van der Waals surface area contributed by atoms with E-state index in [1.165, 1.54) is 0 Å². The molecule has 13 heavy (non-hydrogen) atoms. The molecule has 1 heterocycles. The first-order chi connectivity index (χ1) is 6.07. The normalized spacial score (nSPS) is 41.8. The smallest absolute Gasteiger partial charge is 0.0597 e. The Hall–Kier alpha value is -0.340. The van der Waals surface area contributed by atoms with Crippen LogP contribution in [-0.4, -0.2) is 18.2 Å². The van der Waals surface area contributed by atoms with Crippen molar-refractivity contribution in [2.75, 3.05) is 0 Å². The van der Waals surface area contributed by atoms with Crippen molar-refractivity contribution in [2.45, 2.75) is 45.4 Å². The molecule has 0 aromatic heterocycles. The molecule has 0 saturated carbocycles. The fraction of sp³-hybridized carbons (Fsp3) is 0.818. The second-order valence-electron chi connectivity index (χ2n) is 4.17. The Kier molecular flexibility index (Phi) is 3.51. The predicted molar refractivity (Wildman–Crippen MR) is 55.5 cm³/mol. The molecule has 2 N–H and O–H groups in total. The van der Waals surface area contributed by atoms with Crippen LogP contribution < -0.4 is 5.73 Å². The molecular formula is C11H21NO. The van der Waals surface area contributed by atoms with Gasteiger partial charge >= 0.3 is 0 Å². The molecule has 0 amide bonds. The summed E-state index contributed by atoms with van der Waals surface area (Å²) < 4.78 is 5.74. The van der Waals surface area contributed by atoms with Gasteiger partial charge in [0, 0.05) is 12.0 Å². The summed E-state index contributed by atoms with van der Waals surface area (Å²) in [4.78, 5) is 0. The topological polar surface area (TPSA) is 35.2 Å². The third-order valence-corrected chi connectivity index (χ3v) is 3.25. The number of hydrogen-bond acceptors (Lipinski definition) is 2. The molecule has 1 saturated heterocycles. The van der Waals surface area contributed by atoms with E-state index in [1.54, 1.807) is 0 Å². The van der Waals surface area contributed by atoms with E-state index in [0.717, 1.165) is 6.42 Å². The van der Waals surface area contributed by atoms with E-state index in [0.29, 0.717) is 24.0 Å². The number of rotatable bonds is 3. The Bertz CT molecular complexity index is 181. The van der Waals surface area contributed by atoms with Gasteiger partial charge in [0.15, 0.2) is 0 Å². The van der Waals surface area contributed by atoms with Crippen LogP contribution in [0.25, 0.3) is 0 Å². The van der Waals surface area contributed by atoms with E-state index in [9.17, 15) is 0 Å². The molecule has 1 aliphatic rings. The number of ether oxygens (including phenoxy) is 1. The van der Waals surface area contributed by atoms with Gasteiger partial charge < -0.3 is 10.5 Å². The second-order valence-corrected chi connectivity index (χ2v) is 4.17. The zero-order chi connectivity index (χ0) is 10.0. The summed E-state index contributed by atoms with van der Waals surface area (Å²) in [6.45, 7) is 10.2. The van der Waals surface area contributed by atoms with Crippen molar-refractivity contribution in [3.8, 4) is 0 Å². The maximum atomic E-state index is 6.08. The minimum absolute atomic E-state index is 0.201. The second kappa shape index (κ2) is 4.25. The van der Waals surface area contributed by atoms with Gasteiger partial charge in [-0.15, -0.1) is 6.58 Å². The molecule has 76 valence electrons. The van der Waals surface area contributed by atoms with Crippen LogP contribution in [0.1, 0.15) is 27.2 Å². The molecule has 2 nitrogen and oxygen atoms in total. The molecule has 1 rings (SSSR count). The van der Waals surface area contributed by atoms with Crippen LogP contribution in [0.2, 0.25) is 0 Å². The first-order valence-corrected chi connectivity index (χ1v) is 5.09. The standard InChI is InChI=1S/C11H21NO/c1-5-6-10(12)11-7(2)8(3)13-9(11)4/h5,7-11H,1,6,12H2,2-4H3. The Morgan fingerprint density at radius 3 is 2.38 bits per heavy atom. The van der Waals surface area contributed by atoms with Crippen molar-refractivity contribution in [2.24, 2.45) is 17.6 Å². The summed E-state index contributed by atoms with van der Waals surface area (Å²) in [6.07, 6.45) is 3.42. The van der Waals surface area contributed by atoms with Crippen LogP contribution in [-0.2, 0) is 4.74 Å². The fourth-order valence-corrected chi connectivity index (χ4v) is 2.38. The monoisotopic (exact) mass is 183 g/mol. The van der Waals surface area contributed by atoms with Crippen LogP contribution in [0, 0.1) is 11.8 Å². The number of nitrogens with two attached hydrogens (primary N) is 1. The van der Waals surface area contributed by atoms with Gasteiger partial charge in [-0.1, -0.05) is 13.0 Å². The van der Waals surface area contributed by atoms with Crippen molar-refractivity contribution in [1.82, 2.24) is 0 Å². The Morgan fingerprint density at radius 1 is 1.38 bits per heavy atom. The molecule has 0 spiro atoms. The molecule has 0 radical (unpaired) electrons. The van der Waals surface area contributed by atoms with E-state index in [4.69, 9.17) is 10.5 Å². The lowest BCUT2D eigenvalue weighted by Gasteiger charge is -2.24. The lowest BCUT2D eigenvalue weighted by Crippen LogP contribution is -2.37. The summed E-state index contributed by atoms with van der Waals surface area (Å²) >= 11 is 0. The van der Waals surface area contributed by atoms with E-state index >= 15 is 0 Å². The summed E-state index contributed by atoms with van der Waals surface area (Å²) in [5.41, 5.74) is 6.08. The molecular weight excluding hydrogens is 162 g/mol. The maximum absolute atomic E-state index is 6.08. The maximum Gasteiger partial charge on any atom is 0.0597 e. The van der Waals surface area contributed by atoms with Gasteiger partial charge in [0.25, 0.3) is 0 Å². The van der Waals surface area contributed by atoms with Gasteiger partial charge in [0.2, 0.25) is 0 Å². The highest BCUT2D eigenvalue weighted by Crippen LogP contribution is 2.34. The third kappa shape index (κ3) is 2.12. The van der Waals surface area contributed by atoms with Gasteiger partial charge in [-0.05, 0) is 26.2 Å². The Balaban J connectivity index is 2.61. The summed E-state index contributed by atoms with van der Waals surface area (Å²) in [5, 5.41) is 0. The lowest BCUT2D eigenvalue weighted by atomic mass is 9.83. The summed E-state index contributed by atoms with van der Waals surface area (Å²) in [7, 11) is 0. The van der Waals surface area contributed by atoms with Gasteiger partial charge in [0.05, 0.1) is 12.2 Å². The minimum atomic E-state index is 0.201. The molecule has 2 heteroatoms. The summed E-state index contributed by atoms with van der Waals surface area (Å²) in [6, 6.07) is 0.201. The molecule has 0 aromatic rings. The van der Waals surface area contributed by atoms with E-state index in [1.807, 2.05) is 6.08 Å². The SMILES string of the molecule is C=CCC(N)C1C(C)OC(C)C1C. The minimum Gasteiger partial charge on any atom is -0.375 e. The van der Waals surface area contributed by atoms with E-state index in [-0.39, 0.29) is 6.04 Å². The van der Waals surface area contributed by atoms with Crippen LogP contribution >= 0.6 is 0 Å². The highest BCUT2D eigenvalue weighted by Gasteiger charge is 2.39. The van der Waals surface area contributed by atoms with Crippen molar-refractivity contribution in [3.63, 3.8) is 0 Å². The molecule has 5 unspecified atom stereocenters. The Labute approximate surface area is 81.1 Å². The van der Waals surface area contributed by atoms with Gasteiger partial charge in [-0.3, -0.25) is 0 Å². The van der Waals surface area contributed by atoms with Crippen molar-refractivity contribution in [1.29, 1.82) is 0 Å². The molecule has 0 aliphatic carbocycles. The highest BCUT2D eigenvalue weighted by molar-refractivity contribution is 4.92. The molecule has 0 bridgehead atoms. The Morgan fingerprint density at radius 2 is 2.00 bits per heavy atom. The van der Waals surface area contributed by atoms with Crippen LogP contribution in [0.5, 0.6) is 0 Å². The molecule has 1 fully saturated rings. The zero-order valence-corrected chi connectivity index (χ0v) is 8.86. The highest BCUT2D eigenvalue weighted by atomic mass is 16.5.